The SMILES string of the molecule is CCCCCNc1nc2ccccc2nc1[C@H](C#N)S(=O)(=O)c1ccc(C)cc1. The molecule has 1 N–H and O–H groups in total. The maximum atomic E-state index is 13.2. The molecule has 150 valence electrons. The molecule has 0 saturated heterocycles. The zero-order chi connectivity index (χ0) is 20.9. The fourth-order valence-corrected chi connectivity index (χ4v) is 4.43. The number of anilines is 1. The van der Waals surface area contributed by atoms with Gasteiger partial charge in [0.1, 0.15) is 5.69 Å². The fourth-order valence-electron chi connectivity index (χ4n) is 3.05. The summed E-state index contributed by atoms with van der Waals surface area (Å²) in [5.41, 5.74) is 2.30. The van der Waals surface area contributed by atoms with E-state index in [0.717, 1.165) is 24.8 Å². The number of hydrogen-bond donors (Lipinski definition) is 1. The van der Waals surface area contributed by atoms with E-state index in [4.69, 9.17) is 0 Å². The van der Waals surface area contributed by atoms with Gasteiger partial charge in [-0.2, -0.15) is 5.26 Å². The van der Waals surface area contributed by atoms with E-state index in [0.29, 0.717) is 23.4 Å². The quantitative estimate of drug-likeness (QED) is 0.548. The second-order valence-corrected chi connectivity index (χ2v) is 8.98. The normalized spacial score (nSPS) is 12.4. The summed E-state index contributed by atoms with van der Waals surface area (Å²) < 4.78 is 26.4. The zero-order valence-corrected chi connectivity index (χ0v) is 17.4. The monoisotopic (exact) mass is 408 g/mol. The molecule has 0 saturated carbocycles. The highest BCUT2D eigenvalue weighted by Gasteiger charge is 2.33. The number of unbranched alkanes of at least 4 members (excludes halogenated alkanes) is 2. The van der Waals surface area contributed by atoms with Crippen molar-refractivity contribution in [2.75, 3.05) is 11.9 Å². The van der Waals surface area contributed by atoms with Gasteiger partial charge in [-0.15, -0.1) is 0 Å². The molecule has 0 bridgehead atoms. The zero-order valence-electron chi connectivity index (χ0n) is 16.6. The molecule has 0 unspecified atom stereocenters. The van der Waals surface area contributed by atoms with Crippen LogP contribution in [0.25, 0.3) is 11.0 Å². The minimum absolute atomic E-state index is 0.0986. The Morgan fingerprint density at radius 3 is 2.31 bits per heavy atom. The smallest absolute Gasteiger partial charge is 0.200 e. The molecule has 0 amide bonds. The molecular weight excluding hydrogens is 384 g/mol. The number of nitrogens with zero attached hydrogens (tertiary/aromatic N) is 3. The number of sulfone groups is 1. The molecule has 1 heterocycles. The Morgan fingerprint density at radius 1 is 1.03 bits per heavy atom. The third-order valence-electron chi connectivity index (χ3n) is 4.70. The fraction of sp³-hybridized carbons (Fsp3) is 0.318. The van der Waals surface area contributed by atoms with E-state index in [1.54, 1.807) is 18.2 Å². The van der Waals surface area contributed by atoms with E-state index in [9.17, 15) is 13.7 Å². The summed E-state index contributed by atoms with van der Waals surface area (Å²) in [5, 5.41) is 11.6. The Morgan fingerprint density at radius 2 is 1.69 bits per heavy atom. The first-order valence-corrected chi connectivity index (χ1v) is 11.2. The molecule has 2 aromatic carbocycles. The number of hydrogen-bond acceptors (Lipinski definition) is 6. The van der Waals surface area contributed by atoms with Crippen molar-refractivity contribution in [3.63, 3.8) is 0 Å². The van der Waals surface area contributed by atoms with Gasteiger partial charge in [-0.05, 0) is 37.6 Å². The molecule has 0 aliphatic heterocycles. The molecule has 3 rings (SSSR count). The predicted octanol–water partition coefficient (Wildman–Crippen LogP) is 4.58. The van der Waals surface area contributed by atoms with Crippen LogP contribution in [0.2, 0.25) is 0 Å². The maximum absolute atomic E-state index is 13.2. The lowest BCUT2D eigenvalue weighted by Gasteiger charge is -2.16. The van der Waals surface area contributed by atoms with Crippen LogP contribution in [-0.4, -0.2) is 24.9 Å². The lowest BCUT2D eigenvalue weighted by Crippen LogP contribution is -2.17. The molecule has 0 fully saturated rings. The van der Waals surface area contributed by atoms with Crippen LogP contribution >= 0.6 is 0 Å². The molecule has 1 atom stereocenters. The Bertz CT molecular complexity index is 1140. The van der Waals surface area contributed by atoms with E-state index in [1.165, 1.54) is 12.1 Å². The van der Waals surface area contributed by atoms with Crippen molar-refractivity contribution in [3.05, 3.63) is 59.8 Å². The number of aryl methyl sites for hydroxylation is 1. The van der Waals surface area contributed by atoms with Gasteiger partial charge < -0.3 is 5.32 Å². The third-order valence-corrected chi connectivity index (χ3v) is 6.57. The summed E-state index contributed by atoms with van der Waals surface area (Å²) in [4.78, 5) is 9.20. The second-order valence-electron chi connectivity index (χ2n) is 6.95. The number of nitrogens with one attached hydrogen (secondary N) is 1. The molecule has 0 aliphatic carbocycles. The van der Waals surface area contributed by atoms with E-state index in [1.807, 2.05) is 31.2 Å². The third kappa shape index (κ3) is 4.54. The molecule has 7 heteroatoms. The maximum Gasteiger partial charge on any atom is 0.200 e. The first-order valence-electron chi connectivity index (χ1n) is 9.68. The average molecular weight is 409 g/mol. The summed E-state index contributed by atoms with van der Waals surface area (Å²) in [5.74, 6) is 0.349. The van der Waals surface area contributed by atoms with Crippen molar-refractivity contribution >= 4 is 26.7 Å². The van der Waals surface area contributed by atoms with E-state index < -0.39 is 15.1 Å². The van der Waals surface area contributed by atoms with Crippen LogP contribution in [0.3, 0.4) is 0 Å². The summed E-state index contributed by atoms with van der Waals surface area (Å²) in [6, 6.07) is 15.7. The van der Waals surface area contributed by atoms with Gasteiger partial charge >= 0.3 is 0 Å². The number of fused-ring (bicyclic) bond motifs is 1. The Balaban J connectivity index is 2.08. The van der Waals surface area contributed by atoms with E-state index >= 15 is 0 Å². The Labute approximate surface area is 171 Å². The standard InChI is InChI=1S/C22H24N4O2S/c1-3-4-7-14-24-22-21(25-18-8-5-6-9-19(18)26-22)20(15-23)29(27,28)17-12-10-16(2)11-13-17/h5-6,8-13,20H,3-4,7,14H2,1-2H3,(H,24,26)/t20-/m0/s1. The average Bonchev–Trinajstić information content (AvgIpc) is 2.72. The van der Waals surface area contributed by atoms with Crippen LogP contribution in [0.5, 0.6) is 0 Å². The molecule has 29 heavy (non-hydrogen) atoms. The molecule has 6 nitrogen and oxygen atoms in total. The van der Waals surface area contributed by atoms with Crippen molar-refractivity contribution in [1.29, 1.82) is 5.26 Å². The number of rotatable bonds is 8. The summed E-state index contributed by atoms with van der Waals surface area (Å²) >= 11 is 0. The van der Waals surface area contributed by atoms with Gasteiger partial charge in [0.2, 0.25) is 9.84 Å². The topological polar surface area (TPSA) is 95.7 Å². The minimum atomic E-state index is -3.95. The van der Waals surface area contributed by atoms with Crippen LogP contribution in [0.15, 0.2) is 53.4 Å². The summed E-state index contributed by atoms with van der Waals surface area (Å²) in [7, 11) is -3.95. The van der Waals surface area contributed by atoms with Crippen molar-refractivity contribution < 1.29 is 8.42 Å². The van der Waals surface area contributed by atoms with Gasteiger partial charge in [0, 0.05) is 6.54 Å². The van der Waals surface area contributed by atoms with Gasteiger partial charge in [-0.25, -0.2) is 18.4 Å². The highest BCUT2D eigenvalue weighted by Crippen LogP contribution is 2.32. The first kappa shape index (κ1) is 20.7. The highest BCUT2D eigenvalue weighted by atomic mass is 32.2. The van der Waals surface area contributed by atoms with Gasteiger partial charge in [-0.1, -0.05) is 49.6 Å². The molecule has 0 aliphatic rings. The van der Waals surface area contributed by atoms with E-state index in [2.05, 4.69) is 22.2 Å². The highest BCUT2D eigenvalue weighted by molar-refractivity contribution is 7.92. The van der Waals surface area contributed by atoms with Crippen LogP contribution < -0.4 is 5.32 Å². The summed E-state index contributed by atoms with van der Waals surface area (Å²) in [6.45, 7) is 4.63. The predicted molar refractivity (Wildman–Crippen MR) is 114 cm³/mol. The molecule has 1 aromatic heterocycles. The van der Waals surface area contributed by atoms with Crippen molar-refractivity contribution in [2.45, 2.75) is 43.3 Å². The molecule has 0 spiro atoms. The van der Waals surface area contributed by atoms with Crippen LogP contribution in [-0.2, 0) is 9.84 Å². The minimum Gasteiger partial charge on any atom is -0.368 e. The van der Waals surface area contributed by atoms with Crippen molar-refractivity contribution in [3.8, 4) is 6.07 Å². The lowest BCUT2D eigenvalue weighted by molar-refractivity contribution is 0.590. The lowest BCUT2D eigenvalue weighted by atomic mass is 10.2. The number of aromatic nitrogens is 2. The largest absolute Gasteiger partial charge is 0.368 e. The van der Waals surface area contributed by atoms with Crippen LogP contribution in [0, 0.1) is 18.3 Å². The van der Waals surface area contributed by atoms with Crippen LogP contribution in [0.4, 0.5) is 5.82 Å². The van der Waals surface area contributed by atoms with Gasteiger partial charge in [-0.3, -0.25) is 0 Å². The number of para-hydroxylation sites is 2. The van der Waals surface area contributed by atoms with E-state index in [-0.39, 0.29) is 10.6 Å². The molecular formula is C22H24N4O2S. The van der Waals surface area contributed by atoms with Gasteiger partial charge in [0.15, 0.2) is 11.1 Å². The molecule has 0 radical (unpaired) electrons. The second kappa shape index (κ2) is 9.01. The molecule has 3 aromatic rings. The first-order chi connectivity index (χ1) is 14.0. The Hall–Kier alpha value is -2.98. The Kier molecular flexibility index (Phi) is 6.45. The number of nitriles is 1. The van der Waals surface area contributed by atoms with Crippen LogP contribution in [0.1, 0.15) is 42.7 Å². The number of benzene rings is 2. The van der Waals surface area contributed by atoms with Gasteiger partial charge in [0.05, 0.1) is 22.0 Å². The van der Waals surface area contributed by atoms with Crippen molar-refractivity contribution in [1.82, 2.24) is 9.97 Å². The van der Waals surface area contributed by atoms with Crippen molar-refractivity contribution in [2.24, 2.45) is 0 Å². The van der Waals surface area contributed by atoms with Gasteiger partial charge in [0.25, 0.3) is 0 Å². The summed E-state index contributed by atoms with van der Waals surface area (Å²) in [6.07, 6.45) is 3.04.